The zero-order chi connectivity index (χ0) is 14.3. The van der Waals surface area contributed by atoms with Crippen LogP contribution in [0.3, 0.4) is 0 Å². The Labute approximate surface area is 115 Å². The molecule has 1 rings (SSSR count). The average Bonchev–Trinajstić information content (AvgIpc) is 2.36. The molecule has 1 aromatic carbocycles. The molecule has 0 saturated heterocycles. The van der Waals surface area contributed by atoms with Crippen molar-refractivity contribution in [2.45, 2.75) is 18.6 Å². The first-order valence-corrected chi connectivity index (χ1v) is 6.57. The third-order valence-electron chi connectivity index (χ3n) is 2.28. The van der Waals surface area contributed by atoms with Crippen LogP contribution in [-0.2, 0) is 20.8 Å². The number of carboxylic acids is 1. The topological polar surface area (TPSA) is 83.5 Å². The van der Waals surface area contributed by atoms with Gasteiger partial charge in [-0.3, -0.25) is 14.4 Å². The van der Waals surface area contributed by atoms with Gasteiger partial charge in [-0.1, -0.05) is 42.1 Å². The van der Waals surface area contributed by atoms with E-state index in [0.717, 1.165) is 17.3 Å². The summed E-state index contributed by atoms with van der Waals surface area (Å²) in [5, 5.41) is 10.0. The quantitative estimate of drug-likeness (QED) is 0.815. The van der Waals surface area contributed by atoms with E-state index >= 15 is 0 Å². The number of amides is 1. The summed E-state index contributed by atoms with van der Waals surface area (Å²) in [7, 11) is 0. The van der Waals surface area contributed by atoms with E-state index in [9.17, 15) is 14.4 Å². The van der Waals surface area contributed by atoms with Gasteiger partial charge in [-0.25, -0.2) is 0 Å². The van der Waals surface area contributed by atoms with Gasteiger partial charge in [0.15, 0.2) is 5.12 Å². The van der Waals surface area contributed by atoms with Crippen LogP contribution in [0.15, 0.2) is 30.3 Å². The van der Waals surface area contributed by atoms with Gasteiger partial charge in [-0.15, -0.1) is 0 Å². The predicted molar refractivity (Wildman–Crippen MR) is 72.9 cm³/mol. The Bertz CT molecular complexity index is 461. The average molecular weight is 281 g/mol. The second-order valence-electron chi connectivity index (χ2n) is 3.90. The second-order valence-corrected chi connectivity index (χ2v) is 5.28. The first-order chi connectivity index (χ1) is 8.99. The highest BCUT2D eigenvalue weighted by Gasteiger charge is 2.21. The van der Waals surface area contributed by atoms with E-state index in [0.29, 0.717) is 6.42 Å². The van der Waals surface area contributed by atoms with Gasteiger partial charge >= 0.3 is 5.97 Å². The standard InChI is InChI=1S/C13H15NO4S/c1-9(15)19-11(13(18)14-8-12(16)17)7-10-5-3-2-4-6-10/h2-6,11H,7-8H2,1H3,(H,14,18)(H,16,17)/t11-/m0/s1. The molecule has 0 radical (unpaired) electrons. The fourth-order valence-electron chi connectivity index (χ4n) is 1.49. The van der Waals surface area contributed by atoms with Crippen molar-refractivity contribution in [1.29, 1.82) is 0 Å². The molecule has 0 bridgehead atoms. The fraction of sp³-hybridized carbons (Fsp3) is 0.308. The van der Waals surface area contributed by atoms with Crippen molar-refractivity contribution in [3.05, 3.63) is 35.9 Å². The van der Waals surface area contributed by atoms with Crippen molar-refractivity contribution in [1.82, 2.24) is 5.32 Å². The normalized spacial score (nSPS) is 11.6. The van der Waals surface area contributed by atoms with Crippen LogP contribution in [0.1, 0.15) is 12.5 Å². The number of nitrogens with one attached hydrogen (secondary N) is 1. The molecule has 5 nitrogen and oxygen atoms in total. The molecular formula is C13H15NO4S. The third kappa shape index (κ3) is 6.05. The van der Waals surface area contributed by atoms with E-state index in [2.05, 4.69) is 5.32 Å². The molecule has 0 aliphatic heterocycles. The van der Waals surface area contributed by atoms with Gasteiger partial charge in [0.05, 0.1) is 5.25 Å². The van der Waals surface area contributed by atoms with Crippen molar-refractivity contribution in [3.8, 4) is 0 Å². The van der Waals surface area contributed by atoms with Crippen LogP contribution in [0.5, 0.6) is 0 Å². The number of hydrogen-bond acceptors (Lipinski definition) is 4. The van der Waals surface area contributed by atoms with E-state index in [4.69, 9.17) is 5.11 Å². The number of aliphatic carboxylic acids is 1. The smallest absolute Gasteiger partial charge is 0.322 e. The monoisotopic (exact) mass is 281 g/mol. The predicted octanol–water partition coefficient (Wildman–Crippen LogP) is 1.08. The highest BCUT2D eigenvalue weighted by molar-refractivity contribution is 8.14. The van der Waals surface area contributed by atoms with Crippen LogP contribution >= 0.6 is 11.8 Å². The molecular weight excluding hydrogens is 266 g/mol. The Morgan fingerprint density at radius 2 is 1.89 bits per heavy atom. The Balaban J connectivity index is 2.68. The highest BCUT2D eigenvalue weighted by Crippen LogP contribution is 2.17. The van der Waals surface area contributed by atoms with Crippen LogP contribution < -0.4 is 5.32 Å². The summed E-state index contributed by atoms with van der Waals surface area (Å²) in [4.78, 5) is 33.4. The lowest BCUT2D eigenvalue weighted by Crippen LogP contribution is -2.37. The fourth-order valence-corrected chi connectivity index (χ4v) is 2.36. The molecule has 0 fully saturated rings. The van der Waals surface area contributed by atoms with E-state index in [1.165, 1.54) is 6.92 Å². The molecule has 102 valence electrons. The third-order valence-corrected chi connectivity index (χ3v) is 3.28. The summed E-state index contributed by atoms with van der Waals surface area (Å²) in [6, 6.07) is 9.28. The Kier molecular flexibility index (Phi) is 6.08. The first-order valence-electron chi connectivity index (χ1n) is 5.69. The van der Waals surface area contributed by atoms with Crippen molar-refractivity contribution >= 4 is 28.8 Å². The summed E-state index contributed by atoms with van der Waals surface area (Å²) in [5.41, 5.74) is 0.923. The number of thioether (sulfide) groups is 1. The molecule has 1 atom stereocenters. The van der Waals surface area contributed by atoms with Crippen molar-refractivity contribution in [3.63, 3.8) is 0 Å². The number of carbonyl (C=O) groups is 3. The summed E-state index contributed by atoms with van der Waals surface area (Å²) in [6.07, 6.45) is 0.385. The van der Waals surface area contributed by atoms with E-state index in [-0.39, 0.29) is 5.12 Å². The van der Waals surface area contributed by atoms with E-state index in [1.54, 1.807) is 0 Å². The summed E-state index contributed by atoms with van der Waals surface area (Å²) < 4.78 is 0. The minimum Gasteiger partial charge on any atom is -0.480 e. The molecule has 0 aliphatic rings. The number of benzene rings is 1. The number of carboxylic acid groups (broad SMARTS) is 1. The minimum absolute atomic E-state index is 0.175. The summed E-state index contributed by atoms with van der Waals surface area (Å²) in [6.45, 7) is 0.940. The van der Waals surface area contributed by atoms with Crippen LogP contribution in [0.4, 0.5) is 0 Å². The van der Waals surface area contributed by atoms with Crippen molar-refractivity contribution < 1.29 is 19.5 Å². The lowest BCUT2D eigenvalue weighted by atomic mass is 10.1. The Morgan fingerprint density at radius 3 is 2.42 bits per heavy atom. The Hall–Kier alpha value is -1.82. The lowest BCUT2D eigenvalue weighted by molar-refractivity contribution is -0.137. The maximum Gasteiger partial charge on any atom is 0.322 e. The van der Waals surface area contributed by atoms with Gasteiger partial charge in [0.1, 0.15) is 6.54 Å². The maximum atomic E-state index is 11.8. The molecule has 6 heteroatoms. The molecule has 0 aromatic heterocycles. The van der Waals surface area contributed by atoms with Gasteiger partial charge in [0.2, 0.25) is 5.91 Å². The molecule has 2 N–H and O–H groups in total. The van der Waals surface area contributed by atoms with Crippen molar-refractivity contribution in [2.75, 3.05) is 6.54 Å². The molecule has 19 heavy (non-hydrogen) atoms. The van der Waals surface area contributed by atoms with Gasteiger partial charge in [0.25, 0.3) is 0 Å². The van der Waals surface area contributed by atoms with Gasteiger partial charge in [-0.2, -0.15) is 0 Å². The summed E-state index contributed by atoms with van der Waals surface area (Å²) >= 11 is 0.910. The molecule has 0 spiro atoms. The first kappa shape index (κ1) is 15.2. The highest BCUT2D eigenvalue weighted by atomic mass is 32.2. The van der Waals surface area contributed by atoms with Crippen LogP contribution in [0.25, 0.3) is 0 Å². The zero-order valence-electron chi connectivity index (χ0n) is 10.5. The minimum atomic E-state index is -1.11. The SMILES string of the molecule is CC(=O)S[C@@H](Cc1ccccc1)C(=O)NCC(=O)O. The number of hydrogen-bond donors (Lipinski definition) is 2. The van der Waals surface area contributed by atoms with Crippen molar-refractivity contribution in [2.24, 2.45) is 0 Å². The maximum absolute atomic E-state index is 11.8. The second kappa shape index (κ2) is 7.58. The zero-order valence-corrected chi connectivity index (χ0v) is 11.3. The summed E-state index contributed by atoms with van der Waals surface area (Å²) in [5.74, 6) is -1.55. The molecule has 1 amide bonds. The number of rotatable bonds is 6. The van der Waals surface area contributed by atoms with Crippen LogP contribution in [-0.4, -0.2) is 33.9 Å². The van der Waals surface area contributed by atoms with E-state index < -0.39 is 23.7 Å². The molecule has 0 unspecified atom stereocenters. The molecule has 0 aliphatic carbocycles. The largest absolute Gasteiger partial charge is 0.480 e. The van der Waals surface area contributed by atoms with Crippen LogP contribution in [0.2, 0.25) is 0 Å². The van der Waals surface area contributed by atoms with Gasteiger partial charge in [-0.05, 0) is 12.0 Å². The van der Waals surface area contributed by atoms with Crippen LogP contribution in [0, 0.1) is 0 Å². The molecule has 1 aromatic rings. The van der Waals surface area contributed by atoms with Gasteiger partial charge < -0.3 is 10.4 Å². The van der Waals surface area contributed by atoms with Gasteiger partial charge in [0, 0.05) is 6.92 Å². The lowest BCUT2D eigenvalue weighted by Gasteiger charge is -2.14. The van der Waals surface area contributed by atoms with E-state index in [1.807, 2.05) is 30.3 Å². The molecule has 0 heterocycles. The number of carbonyl (C=O) groups excluding carboxylic acids is 2. The Morgan fingerprint density at radius 1 is 1.26 bits per heavy atom. The molecule has 0 saturated carbocycles.